The Balaban J connectivity index is 4.75. The third kappa shape index (κ3) is 8.93. The van der Waals surface area contributed by atoms with Gasteiger partial charge in [-0.05, 0) is 0 Å². The molecule has 0 spiro atoms. The van der Waals surface area contributed by atoms with Crippen LogP contribution < -0.4 is 0 Å². The van der Waals surface area contributed by atoms with E-state index in [0.717, 1.165) is 0 Å². The molecule has 0 aromatic heterocycles. The Bertz CT molecular complexity index is 1170. The van der Waals surface area contributed by atoms with Gasteiger partial charge in [0.05, 0.1) is 23.3 Å². The first kappa shape index (κ1) is 3.16. The highest BCUT2D eigenvalue weighted by atomic mass is 13.7. The van der Waals surface area contributed by atoms with E-state index in [2.05, 4.69) is 0 Å². The van der Waals surface area contributed by atoms with Crippen molar-refractivity contribution in [2.45, 2.75) is 0 Å². The van der Waals surface area contributed by atoms with Crippen LogP contribution in [0, 0.1) is 0 Å². The van der Waals surface area contributed by atoms with Crippen molar-refractivity contribution in [3.8, 4) is 0 Å². The Labute approximate surface area is 133 Å². The van der Waals surface area contributed by atoms with Gasteiger partial charge in [0.1, 0.15) is 0 Å². The molecule has 0 heteroatoms. The predicted molar refractivity (Wildman–Crippen MR) is 79.3 cm³/mol. The van der Waals surface area contributed by atoms with Crippen LogP contribution in [0.25, 0.3) is 0 Å². The smallest absolute Gasteiger partial charge is 0.0623 e. The summed E-state index contributed by atoms with van der Waals surface area (Å²) in [7, 11) is 0. The second kappa shape index (κ2) is 11.2. The first-order chi connectivity index (χ1) is 16.0. The van der Waals surface area contributed by atoms with Crippen molar-refractivity contribution in [1.29, 1.82) is 0 Å². The summed E-state index contributed by atoms with van der Waals surface area (Å²) in [5.74, 6) is 0. The van der Waals surface area contributed by atoms with E-state index in [4.69, 9.17) is 23.3 Å². The maximum atomic E-state index is 7.86. The molecular formula is C18H18. The molecule has 0 N–H and O–H groups in total. The van der Waals surface area contributed by atoms with E-state index in [1.807, 2.05) is 0 Å². The molecule has 0 bridgehead atoms. The first-order valence-electron chi connectivity index (χ1n) is 13.1. The molecule has 0 aliphatic carbocycles. The lowest BCUT2D eigenvalue weighted by Gasteiger charge is -1.69. The topological polar surface area (TPSA) is 0 Å². The average molecular weight is 251 g/mol. The Morgan fingerprint density at radius 2 is 0.444 bits per heavy atom. The molecule has 0 nitrogen and oxygen atoms in total. The van der Waals surface area contributed by atoms with Crippen LogP contribution in [0.2, 0.25) is 0 Å². The predicted octanol–water partition coefficient (Wildman–Crippen LogP) is 5.06. The SMILES string of the molecule is [2H]c1cc([2H])c([2H])c([2H])c([2H])c([2H])c([2H])c([2H])c([2H])c([2H])c([2H])c([2H])c([2H])c([2H])c([2H])c([2H])c1[2H]. The molecule has 0 unspecified atom stereocenters. The summed E-state index contributed by atoms with van der Waals surface area (Å²) in [6.07, 6.45) is 0. The summed E-state index contributed by atoms with van der Waals surface area (Å²) in [5.41, 5.74) is 0. The molecule has 0 heterocycles. The summed E-state index contributed by atoms with van der Waals surface area (Å²) in [4.78, 5) is 0. The number of hydrogen-bond donors (Lipinski definition) is 0. The summed E-state index contributed by atoms with van der Waals surface area (Å²) >= 11 is 0. The molecule has 0 aliphatic rings. The van der Waals surface area contributed by atoms with Crippen molar-refractivity contribution in [3.63, 3.8) is 0 Å². The Kier molecular flexibility index (Phi) is 1.96. The zero-order valence-corrected chi connectivity index (χ0v) is 9.08. The molecule has 18 heavy (non-hydrogen) atoms. The lowest BCUT2D eigenvalue weighted by molar-refractivity contribution is 1.72. The fourth-order valence-electron chi connectivity index (χ4n) is 0.587. The van der Waals surface area contributed by atoms with Crippen molar-refractivity contribution in [3.05, 3.63) is 109 Å². The lowest BCUT2D eigenvalue weighted by Crippen LogP contribution is -1.47. The van der Waals surface area contributed by atoms with E-state index in [1.165, 1.54) is 0 Å². The number of rotatable bonds is 0. The molecule has 1 aromatic rings. The molecule has 1 rings (SSSR count). The molecule has 1 aromatic carbocycles. The Morgan fingerprint density at radius 1 is 0.278 bits per heavy atom. The third-order valence-electron chi connectivity index (χ3n) is 1.16. The molecule has 0 saturated heterocycles. The standard InChI is InChI=1S/C18H18/c1-2-4-6-8-10-12-14-16-18-17-15-13-11-9-7-5-3-1/h1-18H/i1D,2D,3D,4D,5D,6D,7D,8D,9D,10D,11D,12D,13D,14D,15D,16D,17D. The average Bonchev–Trinajstić information content (AvgIpc) is 2.85. The van der Waals surface area contributed by atoms with Crippen LogP contribution in [0.5, 0.6) is 0 Å². The van der Waals surface area contributed by atoms with E-state index >= 15 is 0 Å². The van der Waals surface area contributed by atoms with Crippen molar-refractivity contribution in [2.24, 2.45) is 0 Å². The van der Waals surface area contributed by atoms with Gasteiger partial charge in [-0.2, -0.15) is 0 Å². The summed E-state index contributed by atoms with van der Waals surface area (Å²) in [6.45, 7) is 0. The van der Waals surface area contributed by atoms with E-state index < -0.39 is 103 Å². The Hall–Kier alpha value is -2.34. The molecular weight excluding hydrogens is 216 g/mol. The second-order valence-corrected chi connectivity index (χ2v) is 2.31. The van der Waals surface area contributed by atoms with Crippen LogP contribution in [-0.4, -0.2) is 0 Å². The minimum atomic E-state index is -1.17. The summed E-state index contributed by atoms with van der Waals surface area (Å²) in [5, 5.41) is 0. The number of hydrogen-bond acceptors (Lipinski definition) is 0. The van der Waals surface area contributed by atoms with E-state index in [1.54, 1.807) is 0 Å². The molecule has 0 atom stereocenters. The fraction of sp³-hybridized carbons (Fsp3) is 0. The van der Waals surface area contributed by atoms with Gasteiger partial charge < -0.3 is 0 Å². The van der Waals surface area contributed by atoms with Gasteiger partial charge in [-0.15, -0.1) is 0 Å². The largest absolute Gasteiger partial charge is 0.0623 e. The van der Waals surface area contributed by atoms with Crippen LogP contribution >= 0.6 is 0 Å². The van der Waals surface area contributed by atoms with Crippen molar-refractivity contribution in [2.75, 3.05) is 0 Å². The van der Waals surface area contributed by atoms with Gasteiger partial charge in [-0.1, -0.05) is 109 Å². The van der Waals surface area contributed by atoms with Crippen molar-refractivity contribution < 1.29 is 23.3 Å². The zero-order chi connectivity index (χ0) is 27.5. The fourth-order valence-corrected chi connectivity index (χ4v) is 0.587. The van der Waals surface area contributed by atoms with Gasteiger partial charge in [0.15, 0.2) is 0 Å². The van der Waals surface area contributed by atoms with E-state index in [-0.39, 0.29) is 0 Å². The highest BCUT2D eigenvalue weighted by Gasteiger charge is 1.59. The maximum absolute atomic E-state index is 7.86. The normalized spacial score (nSPS) is 21.2. The molecule has 90 valence electrons. The van der Waals surface area contributed by atoms with Crippen LogP contribution in [0.4, 0.5) is 0 Å². The lowest BCUT2D eigenvalue weighted by atomic mass is 10.4. The first-order valence-corrected chi connectivity index (χ1v) is 4.58. The zero-order valence-electron chi connectivity index (χ0n) is 26.1. The van der Waals surface area contributed by atoms with Crippen molar-refractivity contribution in [1.82, 2.24) is 0 Å². The van der Waals surface area contributed by atoms with Gasteiger partial charge in [0, 0.05) is 0 Å². The molecule has 0 amide bonds. The van der Waals surface area contributed by atoms with Crippen LogP contribution in [0.15, 0.2) is 109 Å². The van der Waals surface area contributed by atoms with Crippen LogP contribution in [-0.2, 0) is 0 Å². The minimum absolute atomic E-state index is 0.540. The third-order valence-corrected chi connectivity index (χ3v) is 1.16. The summed E-state index contributed by atoms with van der Waals surface area (Å²) in [6, 6.07) is -18.1. The molecule has 0 radical (unpaired) electrons. The molecule has 0 fully saturated rings. The maximum Gasteiger partial charge on any atom is 0.0623 e. The van der Waals surface area contributed by atoms with E-state index in [0.29, 0.717) is 6.07 Å². The van der Waals surface area contributed by atoms with Crippen molar-refractivity contribution >= 4 is 0 Å². The van der Waals surface area contributed by atoms with E-state index in [9.17, 15) is 0 Å². The van der Waals surface area contributed by atoms with Gasteiger partial charge in [-0.3, -0.25) is 0 Å². The summed E-state index contributed by atoms with van der Waals surface area (Å²) < 4.78 is 133. The second-order valence-electron chi connectivity index (χ2n) is 2.31. The van der Waals surface area contributed by atoms with Gasteiger partial charge in [0.2, 0.25) is 0 Å². The van der Waals surface area contributed by atoms with Crippen LogP contribution in [0.1, 0.15) is 23.3 Å². The molecule has 0 saturated carbocycles. The highest BCUT2D eigenvalue weighted by Crippen LogP contribution is 1.81. The van der Waals surface area contributed by atoms with Crippen LogP contribution in [0.3, 0.4) is 0 Å². The van der Waals surface area contributed by atoms with Gasteiger partial charge in [0.25, 0.3) is 0 Å². The minimum Gasteiger partial charge on any atom is -0.0623 e. The molecule has 0 aliphatic heterocycles. The quantitative estimate of drug-likeness (QED) is 0.604. The highest BCUT2D eigenvalue weighted by molar-refractivity contribution is 5.00. The van der Waals surface area contributed by atoms with Gasteiger partial charge in [-0.25, -0.2) is 0 Å². The van der Waals surface area contributed by atoms with Gasteiger partial charge >= 0.3 is 0 Å². The monoisotopic (exact) mass is 251 g/mol. The Morgan fingerprint density at radius 3 is 0.667 bits per heavy atom.